The number of hydrogen-bond donors (Lipinski definition) is 2. The number of piperazine rings is 1. The van der Waals surface area contributed by atoms with Gasteiger partial charge in [0.2, 0.25) is 0 Å². The van der Waals surface area contributed by atoms with Gasteiger partial charge in [0.05, 0.1) is 0 Å². The molecule has 25 heavy (non-hydrogen) atoms. The summed E-state index contributed by atoms with van der Waals surface area (Å²) >= 11 is 0. The Morgan fingerprint density at radius 1 is 1.16 bits per heavy atom. The van der Waals surface area contributed by atoms with E-state index < -0.39 is 0 Å². The SMILES string of the molecule is CCN1CCN(c2ccc(C(=O)N[C@H]3CCCNC3)cc2)CC1.Cl.Cl. The fourth-order valence-corrected chi connectivity index (χ4v) is 3.39. The highest BCUT2D eigenvalue weighted by atomic mass is 35.5. The van der Waals surface area contributed by atoms with Gasteiger partial charge in [-0.05, 0) is 50.2 Å². The maximum absolute atomic E-state index is 12.3. The van der Waals surface area contributed by atoms with Crippen LogP contribution in [-0.2, 0) is 0 Å². The van der Waals surface area contributed by atoms with Gasteiger partial charge in [0, 0.05) is 50.0 Å². The van der Waals surface area contributed by atoms with E-state index in [0.717, 1.165) is 64.2 Å². The Labute approximate surface area is 163 Å². The van der Waals surface area contributed by atoms with Crippen LogP contribution in [0.25, 0.3) is 0 Å². The van der Waals surface area contributed by atoms with Gasteiger partial charge in [-0.1, -0.05) is 6.92 Å². The first-order valence-electron chi connectivity index (χ1n) is 8.85. The Hall–Kier alpha value is -1.01. The van der Waals surface area contributed by atoms with Crippen LogP contribution in [0, 0.1) is 0 Å². The van der Waals surface area contributed by atoms with Gasteiger partial charge in [-0.15, -0.1) is 24.8 Å². The molecule has 0 aliphatic carbocycles. The van der Waals surface area contributed by atoms with Crippen LogP contribution in [0.2, 0.25) is 0 Å². The number of carbonyl (C=O) groups excluding carboxylic acids is 1. The lowest BCUT2D eigenvalue weighted by atomic mass is 10.1. The fourth-order valence-electron chi connectivity index (χ4n) is 3.39. The van der Waals surface area contributed by atoms with E-state index >= 15 is 0 Å². The zero-order chi connectivity index (χ0) is 16.1. The summed E-state index contributed by atoms with van der Waals surface area (Å²) < 4.78 is 0. The normalized spacial score (nSPS) is 21.0. The van der Waals surface area contributed by atoms with Crippen molar-refractivity contribution in [3.8, 4) is 0 Å². The Kier molecular flexibility index (Phi) is 9.57. The molecular weight excluding hydrogens is 359 g/mol. The Morgan fingerprint density at radius 3 is 2.40 bits per heavy atom. The highest BCUT2D eigenvalue weighted by molar-refractivity contribution is 5.94. The maximum Gasteiger partial charge on any atom is 0.251 e. The topological polar surface area (TPSA) is 47.6 Å². The molecule has 7 heteroatoms. The van der Waals surface area contributed by atoms with Gasteiger partial charge in [0.1, 0.15) is 0 Å². The van der Waals surface area contributed by atoms with Gasteiger partial charge in [-0.25, -0.2) is 0 Å². The monoisotopic (exact) mass is 388 g/mol. The number of nitrogens with zero attached hydrogens (tertiary/aromatic N) is 2. The van der Waals surface area contributed by atoms with Crippen molar-refractivity contribution < 1.29 is 4.79 Å². The molecule has 142 valence electrons. The third kappa shape index (κ3) is 6.03. The van der Waals surface area contributed by atoms with Crippen molar-refractivity contribution in [3.63, 3.8) is 0 Å². The number of rotatable bonds is 4. The van der Waals surface area contributed by atoms with Crippen molar-refractivity contribution in [2.24, 2.45) is 0 Å². The third-order valence-electron chi connectivity index (χ3n) is 4.95. The summed E-state index contributed by atoms with van der Waals surface area (Å²) in [6.07, 6.45) is 2.20. The van der Waals surface area contributed by atoms with Gasteiger partial charge in [-0.2, -0.15) is 0 Å². The molecule has 1 amide bonds. The molecule has 2 aliphatic rings. The van der Waals surface area contributed by atoms with Crippen LogP contribution >= 0.6 is 24.8 Å². The van der Waals surface area contributed by atoms with Gasteiger partial charge < -0.3 is 20.4 Å². The van der Waals surface area contributed by atoms with Gasteiger partial charge in [0.25, 0.3) is 5.91 Å². The van der Waals surface area contributed by atoms with E-state index in [-0.39, 0.29) is 36.8 Å². The van der Waals surface area contributed by atoms with Crippen molar-refractivity contribution in [2.45, 2.75) is 25.8 Å². The first-order valence-corrected chi connectivity index (χ1v) is 8.85. The summed E-state index contributed by atoms with van der Waals surface area (Å²) in [6, 6.07) is 8.32. The van der Waals surface area contributed by atoms with E-state index in [1.165, 1.54) is 5.69 Å². The van der Waals surface area contributed by atoms with Crippen LogP contribution in [0.4, 0.5) is 5.69 Å². The lowest BCUT2D eigenvalue weighted by Gasteiger charge is -2.35. The number of piperidine rings is 1. The van der Waals surface area contributed by atoms with Gasteiger partial charge in [0.15, 0.2) is 0 Å². The number of halogens is 2. The summed E-state index contributed by atoms with van der Waals surface area (Å²) in [4.78, 5) is 17.2. The molecule has 1 aromatic rings. The minimum Gasteiger partial charge on any atom is -0.369 e. The Balaban J connectivity index is 0.00000156. The summed E-state index contributed by atoms with van der Waals surface area (Å²) in [5.41, 5.74) is 1.98. The van der Waals surface area contributed by atoms with Crippen LogP contribution in [0.3, 0.4) is 0 Å². The summed E-state index contributed by atoms with van der Waals surface area (Å²) in [5.74, 6) is 0.0426. The molecule has 0 saturated carbocycles. The lowest BCUT2D eigenvalue weighted by Crippen LogP contribution is -2.46. The second-order valence-corrected chi connectivity index (χ2v) is 6.48. The van der Waals surface area contributed by atoms with Crippen LogP contribution in [-0.4, -0.2) is 62.7 Å². The molecule has 2 N–H and O–H groups in total. The molecule has 0 aromatic heterocycles. The first-order chi connectivity index (χ1) is 11.3. The minimum atomic E-state index is 0. The van der Waals surface area contributed by atoms with E-state index in [9.17, 15) is 4.79 Å². The van der Waals surface area contributed by atoms with Crippen molar-refractivity contribution >= 4 is 36.4 Å². The number of amides is 1. The minimum absolute atomic E-state index is 0. The number of nitrogens with one attached hydrogen (secondary N) is 2. The molecule has 0 unspecified atom stereocenters. The van der Waals surface area contributed by atoms with Crippen LogP contribution < -0.4 is 15.5 Å². The molecule has 2 aliphatic heterocycles. The van der Waals surface area contributed by atoms with Crippen LogP contribution in [0.1, 0.15) is 30.1 Å². The average molecular weight is 389 g/mol. The van der Waals surface area contributed by atoms with Crippen molar-refractivity contribution in [1.82, 2.24) is 15.5 Å². The predicted molar refractivity (Wildman–Crippen MR) is 109 cm³/mol. The zero-order valence-corrected chi connectivity index (χ0v) is 16.5. The number of carbonyl (C=O) groups is 1. The summed E-state index contributed by atoms with van der Waals surface area (Å²) in [7, 11) is 0. The van der Waals surface area contributed by atoms with Crippen LogP contribution in [0.15, 0.2) is 24.3 Å². The quantitative estimate of drug-likeness (QED) is 0.829. The smallest absolute Gasteiger partial charge is 0.251 e. The molecular formula is C18H30Cl2N4O. The molecule has 2 fully saturated rings. The molecule has 2 saturated heterocycles. The predicted octanol–water partition coefficient (Wildman–Crippen LogP) is 2.15. The van der Waals surface area contributed by atoms with E-state index in [4.69, 9.17) is 0 Å². The van der Waals surface area contributed by atoms with Crippen molar-refractivity contribution in [2.75, 3.05) is 50.7 Å². The van der Waals surface area contributed by atoms with Crippen molar-refractivity contribution in [3.05, 3.63) is 29.8 Å². The maximum atomic E-state index is 12.3. The first kappa shape index (κ1) is 22.0. The zero-order valence-electron chi connectivity index (χ0n) is 14.9. The second-order valence-electron chi connectivity index (χ2n) is 6.48. The molecule has 0 radical (unpaired) electrons. The summed E-state index contributed by atoms with van der Waals surface area (Å²) in [6.45, 7) is 9.65. The second kappa shape index (κ2) is 10.9. The highest BCUT2D eigenvalue weighted by Gasteiger charge is 2.18. The molecule has 2 heterocycles. The van der Waals surface area contributed by atoms with Gasteiger partial charge >= 0.3 is 0 Å². The Morgan fingerprint density at radius 2 is 1.84 bits per heavy atom. The number of benzene rings is 1. The van der Waals surface area contributed by atoms with E-state index in [1.807, 2.05) is 12.1 Å². The van der Waals surface area contributed by atoms with Crippen molar-refractivity contribution in [1.29, 1.82) is 0 Å². The molecule has 1 atom stereocenters. The average Bonchev–Trinajstić information content (AvgIpc) is 2.63. The fraction of sp³-hybridized carbons (Fsp3) is 0.611. The number of hydrogen-bond acceptors (Lipinski definition) is 4. The lowest BCUT2D eigenvalue weighted by molar-refractivity contribution is 0.0930. The van der Waals surface area contributed by atoms with E-state index in [2.05, 4.69) is 39.5 Å². The van der Waals surface area contributed by atoms with Crippen LogP contribution in [0.5, 0.6) is 0 Å². The molecule has 5 nitrogen and oxygen atoms in total. The standard InChI is InChI=1S/C18H28N4O.2ClH/c1-2-21-10-12-22(13-11-21)17-7-5-15(6-8-17)18(23)20-16-4-3-9-19-14-16;;/h5-8,16,19H,2-4,9-14H2,1H3,(H,20,23);2*1H/t16-;;/m0../s1. The van der Waals surface area contributed by atoms with Gasteiger partial charge in [-0.3, -0.25) is 4.79 Å². The summed E-state index contributed by atoms with van der Waals surface area (Å²) in [5, 5.41) is 6.45. The largest absolute Gasteiger partial charge is 0.369 e. The molecule has 0 spiro atoms. The number of anilines is 1. The highest BCUT2D eigenvalue weighted by Crippen LogP contribution is 2.17. The number of likely N-dealkylation sites (N-methyl/N-ethyl adjacent to an activating group) is 1. The van der Waals surface area contributed by atoms with E-state index in [1.54, 1.807) is 0 Å². The molecule has 3 rings (SSSR count). The van der Waals surface area contributed by atoms with E-state index in [0.29, 0.717) is 0 Å². The molecule has 0 bridgehead atoms. The third-order valence-corrected chi connectivity index (χ3v) is 4.95. The Bertz CT molecular complexity index is 512. The molecule has 1 aromatic carbocycles.